The number of carbonyl (C=O) groups is 1. The fourth-order valence-electron chi connectivity index (χ4n) is 2.98. The Bertz CT molecular complexity index is 839. The number of carbonyl (C=O) groups excluding carboxylic acids is 1. The van der Waals surface area contributed by atoms with E-state index < -0.39 is 18.0 Å². The number of ether oxygens (including phenoxy) is 1. The largest absolute Gasteiger partial charge is 0.458 e. The SMILES string of the molecule is Cc1ccc(C(=O)N2CCCC(Oc3nccc(C(F)(F)F)n3)C2)cc1C. The highest BCUT2D eigenvalue weighted by atomic mass is 19.4. The molecular weight excluding hydrogens is 359 g/mol. The number of piperidine rings is 1. The number of benzene rings is 1. The third kappa shape index (κ3) is 4.56. The van der Waals surface area contributed by atoms with Crippen molar-refractivity contribution in [1.29, 1.82) is 0 Å². The number of alkyl halides is 3. The summed E-state index contributed by atoms with van der Waals surface area (Å²) in [6.07, 6.45) is -2.67. The third-order valence-electron chi connectivity index (χ3n) is 4.62. The van der Waals surface area contributed by atoms with Gasteiger partial charge in [0.15, 0.2) is 5.69 Å². The summed E-state index contributed by atoms with van der Waals surface area (Å²) < 4.78 is 43.8. The van der Waals surface area contributed by atoms with Crippen LogP contribution in [0.3, 0.4) is 0 Å². The fourth-order valence-corrected chi connectivity index (χ4v) is 2.98. The Hall–Kier alpha value is -2.64. The predicted octanol–water partition coefficient (Wildman–Crippen LogP) is 3.80. The number of halogens is 3. The highest BCUT2D eigenvalue weighted by Gasteiger charge is 2.33. The molecule has 0 spiro atoms. The molecule has 1 amide bonds. The molecular formula is C19H20F3N3O2. The van der Waals surface area contributed by atoms with Crippen molar-refractivity contribution in [1.82, 2.24) is 14.9 Å². The molecule has 0 bridgehead atoms. The van der Waals surface area contributed by atoms with Crippen LogP contribution < -0.4 is 4.74 Å². The van der Waals surface area contributed by atoms with Crippen LogP contribution >= 0.6 is 0 Å². The predicted molar refractivity (Wildman–Crippen MR) is 92.5 cm³/mol. The molecule has 1 fully saturated rings. The summed E-state index contributed by atoms with van der Waals surface area (Å²) in [7, 11) is 0. The molecule has 0 saturated carbocycles. The van der Waals surface area contributed by atoms with Crippen LogP contribution in [0.4, 0.5) is 13.2 Å². The highest BCUT2D eigenvalue weighted by Crippen LogP contribution is 2.28. The van der Waals surface area contributed by atoms with E-state index in [1.165, 1.54) is 0 Å². The van der Waals surface area contributed by atoms with E-state index >= 15 is 0 Å². The maximum atomic E-state index is 12.8. The Morgan fingerprint density at radius 2 is 2.00 bits per heavy atom. The number of hydrogen-bond donors (Lipinski definition) is 0. The molecule has 2 aromatic rings. The summed E-state index contributed by atoms with van der Waals surface area (Å²) in [6, 6.07) is 6.00. The van der Waals surface area contributed by atoms with Gasteiger partial charge in [0, 0.05) is 18.3 Å². The van der Waals surface area contributed by atoms with Gasteiger partial charge in [-0.05, 0) is 56.0 Å². The van der Waals surface area contributed by atoms with Gasteiger partial charge in [-0.1, -0.05) is 6.07 Å². The number of likely N-dealkylation sites (tertiary alicyclic amines) is 1. The van der Waals surface area contributed by atoms with Crippen LogP contribution in [0.2, 0.25) is 0 Å². The molecule has 0 radical (unpaired) electrons. The summed E-state index contributed by atoms with van der Waals surface area (Å²) in [5.41, 5.74) is 1.68. The smallest absolute Gasteiger partial charge is 0.433 e. The zero-order valence-electron chi connectivity index (χ0n) is 15.1. The Morgan fingerprint density at radius 3 is 2.70 bits per heavy atom. The summed E-state index contributed by atoms with van der Waals surface area (Å²) >= 11 is 0. The zero-order valence-corrected chi connectivity index (χ0v) is 15.1. The van der Waals surface area contributed by atoms with Gasteiger partial charge in [0.25, 0.3) is 5.91 Å². The number of amides is 1. The maximum absolute atomic E-state index is 12.8. The monoisotopic (exact) mass is 379 g/mol. The van der Waals surface area contributed by atoms with E-state index in [-0.39, 0.29) is 18.5 Å². The van der Waals surface area contributed by atoms with E-state index in [4.69, 9.17) is 4.74 Å². The van der Waals surface area contributed by atoms with E-state index in [1.54, 1.807) is 11.0 Å². The van der Waals surface area contributed by atoms with Gasteiger partial charge in [-0.15, -0.1) is 0 Å². The molecule has 1 aromatic carbocycles. The van der Waals surface area contributed by atoms with Crippen molar-refractivity contribution in [2.75, 3.05) is 13.1 Å². The molecule has 27 heavy (non-hydrogen) atoms. The number of nitrogens with zero attached hydrogens (tertiary/aromatic N) is 3. The van der Waals surface area contributed by atoms with Gasteiger partial charge in [-0.3, -0.25) is 4.79 Å². The van der Waals surface area contributed by atoms with Gasteiger partial charge in [0.2, 0.25) is 0 Å². The minimum atomic E-state index is -4.56. The second kappa shape index (κ2) is 7.54. The molecule has 1 aliphatic heterocycles. The normalized spacial score (nSPS) is 17.7. The third-order valence-corrected chi connectivity index (χ3v) is 4.62. The van der Waals surface area contributed by atoms with Crippen molar-refractivity contribution in [2.24, 2.45) is 0 Å². The maximum Gasteiger partial charge on any atom is 0.433 e. The van der Waals surface area contributed by atoms with E-state index in [0.717, 1.165) is 23.4 Å². The van der Waals surface area contributed by atoms with Gasteiger partial charge >= 0.3 is 12.2 Å². The van der Waals surface area contributed by atoms with Gasteiger partial charge < -0.3 is 9.64 Å². The first-order valence-electron chi connectivity index (χ1n) is 8.67. The second-order valence-corrected chi connectivity index (χ2v) is 6.65. The fraction of sp³-hybridized carbons (Fsp3) is 0.421. The van der Waals surface area contributed by atoms with Crippen molar-refractivity contribution in [3.05, 3.63) is 52.8 Å². The van der Waals surface area contributed by atoms with Crippen LogP contribution in [0, 0.1) is 13.8 Å². The van der Waals surface area contributed by atoms with E-state index in [0.29, 0.717) is 24.9 Å². The summed E-state index contributed by atoms with van der Waals surface area (Å²) in [5.74, 6) is -0.114. The van der Waals surface area contributed by atoms with Gasteiger partial charge in [-0.25, -0.2) is 4.98 Å². The molecule has 8 heteroatoms. The Kier molecular flexibility index (Phi) is 5.34. The van der Waals surface area contributed by atoms with Crippen LogP contribution in [-0.2, 0) is 6.18 Å². The van der Waals surface area contributed by atoms with Crippen LogP contribution in [0.25, 0.3) is 0 Å². The topological polar surface area (TPSA) is 55.3 Å². The lowest BCUT2D eigenvalue weighted by Gasteiger charge is -2.32. The average molecular weight is 379 g/mol. The lowest BCUT2D eigenvalue weighted by Crippen LogP contribution is -2.44. The summed E-state index contributed by atoms with van der Waals surface area (Å²) in [4.78, 5) is 21.6. The molecule has 144 valence electrons. The van der Waals surface area contributed by atoms with E-state index in [1.807, 2.05) is 26.0 Å². The summed E-state index contributed by atoms with van der Waals surface area (Å²) in [5, 5.41) is 0. The van der Waals surface area contributed by atoms with Crippen LogP contribution in [0.1, 0.15) is 40.0 Å². The van der Waals surface area contributed by atoms with Gasteiger partial charge in [0.1, 0.15) is 6.10 Å². The van der Waals surface area contributed by atoms with E-state index in [9.17, 15) is 18.0 Å². The van der Waals surface area contributed by atoms with Crippen molar-refractivity contribution < 1.29 is 22.7 Å². The molecule has 1 aliphatic rings. The summed E-state index contributed by atoms with van der Waals surface area (Å²) in [6.45, 7) is 4.78. The van der Waals surface area contributed by atoms with Crippen molar-refractivity contribution >= 4 is 5.91 Å². The minimum Gasteiger partial charge on any atom is -0.458 e. The molecule has 3 rings (SSSR count). The van der Waals surface area contributed by atoms with Gasteiger partial charge in [-0.2, -0.15) is 18.2 Å². The zero-order chi connectivity index (χ0) is 19.6. The second-order valence-electron chi connectivity index (χ2n) is 6.65. The molecule has 2 heterocycles. The lowest BCUT2D eigenvalue weighted by molar-refractivity contribution is -0.141. The van der Waals surface area contributed by atoms with Crippen LogP contribution in [-0.4, -0.2) is 40.0 Å². The van der Waals surface area contributed by atoms with Gasteiger partial charge in [0.05, 0.1) is 6.54 Å². The lowest BCUT2D eigenvalue weighted by atomic mass is 10.0. The molecule has 0 aliphatic carbocycles. The molecule has 5 nitrogen and oxygen atoms in total. The molecule has 1 atom stereocenters. The average Bonchev–Trinajstić information content (AvgIpc) is 2.63. The van der Waals surface area contributed by atoms with E-state index in [2.05, 4.69) is 9.97 Å². The molecule has 1 aromatic heterocycles. The highest BCUT2D eigenvalue weighted by molar-refractivity contribution is 5.94. The Balaban J connectivity index is 1.69. The Morgan fingerprint density at radius 1 is 1.22 bits per heavy atom. The van der Waals surface area contributed by atoms with Crippen molar-refractivity contribution in [3.63, 3.8) is 0 Å². The number of rotatable bonds is 3. The molecule has 0 N–H and O–H groups in total. The standard InChI is InChI=1S/C19H20F3N3O2/c1-12-5-6-14(10-13(12)2)17(26)25-9-3-4-15(11-25)27-18-23-8-7-16(24-18)19(20,21)22/h5-8,10,15H,3-4,9,11H2,1-2H3. The Labute approximate surface area is 155 Å². The van der Waals surface area contributed by atoms with Crippen molar-refractivity contribution in [3.8, 4) is 6.01 Å². The first kappa shape index (κ1) is 19.1. The minimum absolute atomic E-state index is 0.114. The first-order valence-corrected chi connectivity index (χ1v) is 8.67. The molecule has 1 unspecified atom stereocenters. The first-order chi connectivity index (χ1) is 12.7. The number of hydrogen-bond acceptors (Lipinski definition) is 4. The number of aryl methyl sites for hydroxylation is 2. The van der Waals surface area contributed by atoms with Crippen LogP contribution in [0.15, 0.2) is 30.5 Å². The quantitative estimate of drug-likeness (QED) is 0.814. The van der Waals surface area contributed by atoms with Crippen LogP contribution in [0.5, 0.6) is 6.01 Å². The van der Waals surface area contributed by atoms with Crippen molar-refractivity contribution in [2.45, 2.75) is 39.0 Å². The number of aromatic nitrogens is 2. The molecule has 1 saturated heterocycles.